The zero-order valence-corrected chi connectivity index (χ0v) is 10.9. The van der Waals surface area contributed by atoms with Crippen LogP contribution < -0.4 is 5.43 Å². The van der Waals surface area contributed by atoms with Gasteiger partial charge in [-0.05, 0) is 24.6 Å². The number of hydrogen-bond donors (Lipinski definition) is 1. The lowest BCUT2D eigenvalue weighted by atomic mass is 10.2. The molecule has 0 saturated carbocycles. The molecule has 1 aromatic heterocycles. The van der Waals surface area contributed by atoms with E-state index in [1.54, 1.807) is 31.2 Å². The van der Waals surface area contributed by atoms with Crippen molar-refractivity contribution in [2.45, 2.75) is 13.3 Å². The van der Waals surface area contributed by atoms with Gasteiger partial charge in [0.2, 0.25) is 11.1 Å². The van der Waals surface area contributed by atoms with Gasteiger partial charge in [0.25, 0.3) is 0 Å². The van der Waals surface area contributed by atoms with Gasteiger partial charge in [0, 0.05) is 16.8 Å². The molecule has 6 heteroatoms. The summed E-state index contributed by atoms with van der Waals surface area (Å²) in [6, 6.07) is 6.80. The fourth-order valence-corrected chi connectivity index (χ4v) is 1.87. The quantitative estimate of drug-likeness (QED) is 0.934. The van der Waals surface area contributed by atoms with Crippen molar-refractivity contribution in [3.63, 3.8) is 0 Å². The molecule has 2 rings (SSSR count). The van der Waals surface area contributed by atoms with Crippen LogP contribution in [0.4, 0.5) is 0 Å². The zero-order valence-electron chi connectivity index (χ0n) is 10.1. The maximum atomic E-state index is 11.8. The summed E-state index contributed by atoms with van der Waals surface area (Å²) in [6.07, 6.45) is 1.96. The molecule has 0 saturated heterocycles. The van der Waals surface area contributed by atoms with Gasteiger partial charge in [0.05, 0.1) is 5.69 Å². The van der Waals surface area contributed by atoms with Crippen molar-refractivity contribution in [3.8, 4) is 5.69 Å². The Morgan fingerprint density at radius 1 is 1.47 bits per heavy atom. The minimum atomic E-state index is -1.34. The molecular formula is C13H11ClN2O3. The number of carboxylic acids is 1. The highest BCUT2D eigenvalue weighted by Gasteiger charge is 2.15. The van der Waals surface area contributed by atoms with Crippen molar-refractivity contribution in [2.75, 3.05) is 0 Å². The summed E-state index contributed by atoms with van der Waals surface area (Å²) in [5.41, 5.74) is -0.0373. The molecule has 0 radical (unpaired) electrons. The molecule has 1 aromatic carbocycles. The Morgan fingerprint density at radius 2 is 2.21 bits per heavy atom. The maximum absolute atomic E-state index is 11.8. The van der Waals surface area contributed by atoms with Crippen LogP contribution in [-0.4, -0.2) is 20.9 Å². The largest absolute Gasteiger partial charge is 0.476 e. The Kier molecular flexibility index (Phi) is 3.66. The van der Waals surface area contributed by atoms with E-state index < -0.39 is 17.1 Å². The molecule has 1 N–H and O–H groups in total. The Morgan fingerprint density at radius 3 is 2.79 bits per heavy atom. The molecule has 0 bridgehead atoms. The monoisotopic (exact) mass is 278 g/mol. The first-order valence-corrected chi connectivity index (χ1v) is 6.02. The lowest BCUT2D eigenvalue weighted by molar-refractivity contribution is 0.0686. The zero-order chi connectivity index (χ0) is 14.0. The number of carbonyl (C=O) groups is 1. The second-order valence-corrected chi connectivity index (χ2v) is 4.35. The van der Waals surface area contributed by atoms with Crippen molar-refractivity contribution < 1.29 is 9.90 Å². The van der Waals surface area contributed by atoms with E-state index in [1.165, 1.54) is 10.9 Å². The van der Waals surface area contributed by atoms with Crippen molar-refractivity contribution in [3.05, 3.63) is 57.0 Å². The summed E-state index contributed by atoms with van der Waals surface area (Å²) >= 11 is 5.88. The number of halogens is 1. The first kappa shape index (κ1) is 13.3. The van der Waals surface area contributed by atoms with Crippen LogP contribution in [0.3, 0.4) is 0 Å². The van der Waals surface area contributed by atoms with Gasteiger partial charge in [-0.15, -0.1) is 0 Å². The highest BCUT2D eigenvalue weighted by molar-refractivity contribution is 6.30. The predicted molar refractivity (Wildman–Crippen MR) is 71.2 cm³/mol. The lowest BCUT2D eigenvalue weighted by Crippen LogP contribution is -2.24. The highest BCUT2D eigenvalue weighted by Crippen LogP contribution is 2.14. The third-order valence-corrected chi connectivity index (χ3v) is 2.88. The van der Waals surface area contributed by atoms with Gasteiger partial charge in [0.15, 0.2) is 0 Å². The van der Waals surface area contributed by atoms with Crippen LogP contribution in [0.1, 0.15) is 23.0 Å². The van der Waals surface area contributed by atoms with E-state index in [2.05, 4.69) is 5.10 Å². The van der Waals surface area contributed by atoms with E-state index in [-0.39, 0.29) is 0 Å². The smallest absolute Gasteiger partial charge is 0.360 e. The third kappa shape index (κ3) is 2.66. The van der Waals surface area contributed by atoms with Crippen LogP contribution in [0.5, 0.6) is 0 Å². The Hall–Kier alpha value is -2.14. The molecule has 98 valence electrons. The predicted octanol–water partition coefficient (Wildman–Crippen LogP) is 2.15. The molecule has 0 unspecified atom stereocenters. The van der Waals surface area contributed by atoms with E-state index in [1.807, 2.05) is 0 Å². The van der Waals surface area contributed by atoms with E-state index in [4.69, 9.17) is 16.7 Å². The number of carboxylic acid groups (broad SMARTS) is 1. The molecule has 0 amide bonds. The molecule has 19 heavy (non-hydrogen) atoms. The van der Waals surface area contributed by atoms with E-state index >= 15 is 0 Å². The van der Waals surface area contributed by atoms with Crippen molar-refractivity contribution in [1.82, 2.24) is 9.78 Å². The van der Waals surface area contributed by atoms with Gasteiger partial charge in [-0.2, -0.15) is 5.10 Å². The lowest BCUT2D eigenvalue weighted by Gasteiger charge is -2.08. The topological polar surface area (TPSA) is 72.2 Å². The van der Waals surface area contributed by atoms with Crippen molar-refractivity contribution in [2.24, 2.45) is 0 Å². The molecule has 0 aliphatic carbocycles. The minimum absolute atomic E-state index is 0.396. The summed E-state index contributed by atoms with van der Waals surface area (Å²) < 4.78 is 1.36. The van der Waals surface area contributed by atoms with Gasteiger partial charge in [-0.25, -0.2) is 9.48 Å². The summed E-state index contributed by atoms with van der Waals surface area (Å²) in [5, 5.41) is 13.4. The average Bonchev–Trinajstić information content (AvgIpc) is 2.38. The molecule has 0 atom stereocenters. The van der Waals surface area contributed by atoms with Gasteiger partial charge in [-0.1, -0.05) is 24.6 Å². The fraction of sp³-hybridized carbons (Fsp3) is 0.154. The highest BCUT2D eigenvalue weighted by atomic mass is 35.5. The number of rotatable bonds is 3. The van der Waals surface area contributed by atoms with Crippen LogP contribution in [0.2, 0.25) is 5.02 Å². The van der Waals surface area contributed by atoms with Crippen molar-refractivity contribution in [1.29, 1.82) is 0 Å². The van der Waals surface area contributed by atoms with Gasteiger partial charge < -0.3 is 5.11 Å². The van der Waals surface area contributed by atoms with E-state index in [0.717, 1.165) is 0 Å². The summed E-state index contributed by atoms with van der Waals surface area (Å²) in [6.45, 7) is 1.78. The van der Waals surface area contributed by atoms with Crippen LogP contribution in [0, 0.1) is 0 Å². The number of benzene rings is 1. The van der Waals surface area contributed by atoms with Crippen LogP contribution in [-0.2, 0) is 6.42 Å². The molecular weight excluding hydrogens is 268 g/mol. The van der Waals surface area contributed by atoms with Gasteiger partial charge in [0.1, 0.15) is 0 Å². The Balaban J connectivity index is 2.68. The first-order chi connectivity index (χ1) is 9.02. The Bertz CT molecular complexity index is 695. The molecule has 0 fully saturated rings. The normalized spacial score (nSPS) is 10.4. The first-order valence-electron chi connectivity index (χ1n) is 5.65. The van der Waals surface area contributed by atoms with Crippen LogP contribution >= 0.6 is 11.6 Å². The van der Waals surface area contributed by atoms with Crippen molar-refractivity contribution >= 4 is 17.6 Å². The minimum Gasteiger partial charge on any atom is -0.476 e. The average molecular weight is 279 g/mol. The summed E-state index contributed by atoms with van der Waals surface area (Å²) in [4.78, 5) is 22.8. The Labute approximate surface area is 114 Å². The number of hydrogen-bond acceptors (Lipinski definition) is 3. The number of aromatic carboxylic acids is 1. The second kappa shape index (κ2) is 5.24. The molecule has 1 heterocycles. The molecule has 0 aliphatic heterocycles. The standard InChI is InChI=1S/C13H11ClN2O3/c1-2-8-7-16(10-5-3-4-9(14)6-10)15-11(12(8)17)13(18)19/h3-7H,2H2,1H3,(H,18,19). The van der Waals surface area contributed by atoms with E-state index in [0.29, 0.717) is 22.7 Å². The van der Waals surface area contributed by atoms with Crippen LogP contribution in [0.25, 0.3) is 5.69 Å². The molecule has 0 spiro atoms. The summed E-state index contributed by atoms with van der Waals surface area (Å²) in [7, 11) is 0. The number of aromatic nitrogens is 2. The summed E-state index contributed by atoms with van der Waals surface area (Å²) in [5.74, 6) is -1.34. The van der Waals surface area contributed by atoms with Crippen LogP contribution in [0.15, 0.2) is 35.3 Å². The molecule has 0 aliphatic rings. The second-order valence-electron chi connectivity index (χ2n) is 3.92. The fourth-order valence-electron chi connectivity index (χ4n) is 1.68. The third-order valence-electron chi connectivity index (χ3n) is 2.65. The molecule has 5 nitrogen and oxygen atoms in total. The van der Waals surface area contributed by atoms with Gasteiger partial charge in [-0.3, -0.25) is 4.79 Å². The van der Waals surface area contributed by atoms with E-state index in [9.17, 15) is 9.59 Å². The van der Waals surface area contributed by atoms with Gasteiger partial charge >= 0.3 is 5.97 Å². The molecule has 2 aromatic rings. The number of nitrogens with zero attached hydrogens (tertiary/aromatic N) is 2. The maximum Gasteiger partial charge on any atom is 0.360 e. The SMILES string of the molecule is CCc1cn(-c2cccc(Cl)c2)nc(C(=O)O)c1=O. The number of aryl methyl sites for hydroxylation is 1.